The van der Waals surface area contributed by atoms with Crippen LogP contribution in [0.5, 0.6) is 0 Å². The molecular formula is C16H20N+. The number of aromatic nitrogens is 1. The maximum absolute atomic E-state index is 2.37. The van der Waals surface area contributed by atoms with Gasteiger partial charge in [0.1, 0.15) is 6.54 Å². The molecule has 0 fully saturated rings. The van der Waals surface area contributed by atoms with Crippen LogP contribution in [-0.2, 0) is 13.0 Å². The van der Waals surface area contributed by atoms with Gasteiger partial charge in [-0.1, -0.05) is 49.7 Å². The average molecular weight is 226 g/mol. The molecule has 0 saturated heterocycles. The number of unbranched alkanes of at least 4 members (excludes halogenated alkanes) is 1. The minimum absolute atomic E-state index is 1.02. The van der Waals surface area contributed by atoms with Gasteiger partial charge in [-0.3, -0.25) is 0 Å². The molecular weight excluding hydrogens is 206 g/mol. The molecule has 17 heavy (non-hydrogen) atoms. The number of hydrogen-bond acceptors (Lipinski definition) is 0. The predicted octanol–water partition coefficient (Wildman–Crippen LogP) is 3.37. The minimum Gasteiger partial charge on any atom is -0.202 e. The van der Waals surface area contributed by atoms with E-state index >= 15 is 0 Å². The molecule has 0 atom stereocenters. The molecule has 88 valence electrons. The largest absolute Gasteiger partial charge is 0.202 e. The highest BCUT2D eigenvalue weighted by molar-refractivity contribution is 5.19. The van der Waals surface area contributed by atoms with Gasteiger partial charge in [-0.05, 0) is 5.56 Å². The Morgan fingerprint density at radius 2 is 1.71 bits per heavy atom. The van der Waals surface area contributed by atoms with Crippen molar-refractivity contribution >= 4 is 0 Å². The number of rotatable bonds is 5. The van der Waals surface area contributed by atoms with Gasteiger partial charge in [0.25, 0.3) is 0 Å². The highest BCUT2D eigenvalue weighted by Crippen LogP contribution is 2.05. The second kappa shape index (κ2) is 6.19. The van der Waals surface area contributed by atoms with Gasteiger partial charge in [-0.25, -0.2) is 4.57 Å². The SMILES string of the molecule is CCCC[n+]1ccccc1Cc1ccccc1. The highest BCUT2D eigenvalue weighted by atomic mass is 14.9. The topological polar surface area (TPSA) is 3.88 Å². The lowest BCUT2D eigenvalue weighted by Gasteiger charge is -2.03. The summed E-state index contributed by atoms with van der Waals surface area (Å²) in [6.45, 7) is 3.36. The Bertz CT molecular complexity index is 448. The summed E-state index contributed by atoms with van der Waals surface area (Å²) in [4.78, 5) is 0. The van der Waals surface area contributed by atoms with E-state index in [1.165, 1.54) is 24.1 Å². The van der Waals surface area contributed by atoms with E-state index in [-0.39, 0.29) is 0 Å². The Morgan fingerprint density at radius 3 is 2.47 bits per heavy atom. The number of pyridine rings is 1. The molecule has 0 aliphatic carbocycles. The standard InChI is InChI=1S/C16H20N/c1-2-3-12-17-13-8-7-11-16(17)14-15-9-5-4-6-10-15/h4-11,13H,2-3,12,14H2,1H3/q+1. The molecule has 0 radical (unpaired) electrons. The lowest BCUT2D eigenvalue weighted by Crippen LogP contribution is -2.37. The van der Waals surface area contributed by atoms with Gasteiger partial charge in [0.2, 0.25) is 0 Å². The lowest BCUT2D eigenvalue weighted by atomic mass is 10.1. The summed E-state index contributed by atoms with van der Waals surface area (Å²) in [7, 11) is 0. The molecule has 1 aromatic heterocycles. The number of benzene rings is 1. The second-order valence-corrected chi connectivity index (χ2v) is 4.40. The predicted molar refractivity (Wildman–Crippen MR) is 70.8 cm³/mol. The molecule has 2 aromatic rings. The van der Waals surface area contributed by atoms with Crippen LogP contribution in [0.25, 0.3) is 0 Å². The van der Waals surface area contributed by atoms with Gasteiger partial charge in [0, 0.05) is 18.6 Å². The molecule has 1 aromatic carbocycles. The van der Waals surface area contributed by atoms with E-state index in [0.717, 1.165) is 13.0 Å². The van der Waals surface area contributed by atoms with Crippen LogP contribution in [0.4, 0.5) is 0 Å². The van der Waals surface area contributed by atoms with Gasteiger partial charge < -0.3 is 0 Å². The van der Waals surface area contributed by atoms with Gasteiger partial charge in [0.05, 0.1) is 6.42 Å². The third-order valence-electron chi connectivity index (χ3n) is 3.02. The fraction of sp³-hybridized carbons (Fsp3) is 0.312. The first-order chi connectivity index (χ1) is 8.40. The van der Waals surface area contributed by atoms with E-state index in [9.17, 15) is 0 Å². The van der Waals surface area contributed by atoms with E-state index in [2.05, 4.69) is 66.2 Å². The van der Waals surface area contributed by atoms with Crippen LogP contribution in [0.15, 0.2) is 54.7 Å². The van der Waals surface area contributed by atoms with Crippen LogP contribution < -0.4 is 4.57 Å². The molecule has 0 aliphatic rings. The van der Waals surface area contributed by atoms with Crippen molar-refractivity contribution in [2.45, 2.75) is 32.7 Å². The average Bonchev–Trinajstić information content (AvgIpc) is 2.39. The quantitative estimate of drug-likeness (QED) is 0.688. The smallest absolute Gasteiger partial charge is 0.185 e. The normalized spacial score (nSPS) is 10.4. The van der Waals surface area contributed by atoms with Crippen LogP contribution in [0.1, 0.15) is 31.0 Å². The molecule has 1 heterocycles. The zero-order valence-electron chi connectivity index (χ0n) is 10.5. The Hall–Kier alpha value is -1.63. The van der Waals surface area contributed by atoms with Crippen molar-refractivity contribution in [1.29, 1.82) is 0 Å². The van der Waals surface area contributed by atoms with Crippen LogP contribution in [0.3, 0.4) is 0 Å². The van der Waals surface area contributed by atoms with Crippen molar-refractivity contribution in [2.24, 2.45) is 0 Å². The molecule has 0 bridgehead atoms. The molecule has 0 spiro atoms. The first kappa shape index (κ1) is 11.8. The summed E-state index contributed by atoms with van der Waals surface area (Å²) in [5, 5.41) is 0. The van der Waals surface area contributed by atoms with Crippen molar-refractivity contribution in [1.82, 2.24) is 0 Å². The van der Waals surface area contributed by atoms with Crippen molar-refractivity contribution in [3.63, 3.8) is 0 Å². The van der Waals surface area contributed by atoms with E-state index in [0.29, 0.717) is 0 Å². The first-order valence-corrected chi connectivity index (χ1v) is 6.41. The first-order valence-electron chi connectivity index (χ1n) is 6.41. The monoisotopic (exact) mass is 226 g/mol. The van der Waals surface area contributed by atoms with Crippen molar-refractivity contribution in [2.75, 3.05) is 0 Å². The Balaban J connectivity index is 2.15. The Morgan fingerprint density at radius 1 is 0.941 bits per heavy atom. The fourth-order valence-electron chi connectivity index (χ4n) is 2.02. The molecule has 0 saturated carbocycles. The van der Waals surface area contributed by atoms with Crippen molar-refractivity contribution < 1.29 is 4.57 Å². The zero-order valence-corrected chi connectivity index (χ0v) is 10.5. The Labute approximate surface area is 104 Å². The van der Waals surface area contributed by atoms with E-state index in [1.807, 2.05) is 0 Å². The lowest BCUT2D eigenvalue weighted by molar-refractivity contribution is -0.704. The van der Waals surface area contributed by atoms with Gasteiger partial charge in [-0.15, -0.1) is 0 Å². The number of hydrogen-bond donors (Lipinski definition) is 0. The maximum atomic E-state index is 2.37. The zero-order chi connectivity index (χ0) is 11.9. The molecule has 0 amide bonds. The molecule has 2 rings (SSSR count). The van der Waals surface area contributed by atoms with Crippen molar-refractivity contribution in [3.8, 4) is 0 Å². The summed E-state index contributed by atoms with van der Waals surface area (Å²) in [5.74, 6) is 0. The van der Waals surface area contributed by atoms with Crippen LogP contribution in [0, 0.1) is 0 Å². The third-order valence-corrected chi connectivity index (χ3v) is 3.02. The van der Waals surface area contributed by atoms with E-state index in [1.54, 1.807) is 0 Å². The van der Waals surface area contributed by atoms with Crippen molar-refractivity contribution in [3.05, 3.63) is 66.0 Å². The fourth-order valence-corrected chi connectivity index (χ4v) is 2.02. The summed E-state index contributed by atoms with van der Waals surface area (Å²) in [6.07, 6.45) is 5.70. The molecule has 0 unspecified atom stereocenters. The third kappa shape index (κ3) is 3.42. The number of aryl methyl sites for hydroxylation is 1. The number of nitrogens with zero attached hydrogens (tertiary/aromatic N) is 1. The molecule has 1 heteroatoms. The summed E-state index contributed by atoms with van der Waals surface area (Å²) < 4.78 is 2.37. The second-order valence-electron chi connectivity index (χ2n) is 4.40. The van der Waals surface area contributed by atoms with E-state index in [4.69, 9.17) is 0 Å². The molecule has 1 nitrogen and oxygen atoms in total. The summed E-state index contributed by atoms with van der Waals surface area (Å²) >= 11 is 0. The van der Waals surface area contributed by atoms with Gasteiger partial charge >= 0.3 is 0 Å². The highest BCUT2D eigenvalue weighted by Gasteiger charge is 2.09. The van der Waals surface area contributed by atoms with Gasteiger partial charge in [0.15, 0.2) is 11.9 Å². The molecule has 0 N–H and O–H groups in total. The van der Waals surface area contributed by atoms with Gasteiger partial charge in [-0.2, -0.15) is 0 Å². The minimum atomic E-state index is 1.02. The van der Waals surface area contributed by atoms with E-state index < -0.39 is 0 Å². The van der Waals surface area contributed by atoms with Crippen LogP contribution >= 0.6 is 0 Å². The van der Waals surface area contributed by atoms with Crippen LogP contribution in [0.2, 0.25) is 0 Å². The molecule has 0 aliphatic heterocycles. The maximum Gasteiger partial charge on any atom is 0.185 e. The summed E-state index contributed by atoms with van der Waals surface area (Å²) in [5.41, 5.74) is 2.77. The summed E-state index contributed by atoms with van der Waals surface area (Å²) in [6, 6.07) is 17.1. The Kier molecular flexibility index (Phi) is 4.31. The van der Waals surface area contributed by atoms with Crippen LogP contribution in [-0.4, -0.2) is 0 Å².